The first kappa shape index (κ1) is 19.0. The lowest BCUT2D eigenvalue weighted by atomic mass is 10.2. The van der Waals surface area contributed by atoms with Gasteiger partial charge in [0.25, 0.3) is 0 Å². The van der Waals surface area contributed by atoms with Crippen LogP contribution in [0.2, 0.25) is 0 Å². The lowest BCUT2D eigenvalue weighted by Gasteiger charge is -2.13. The zero-order chi connectivity index (χ0) is 14.1. The Hall–Kier alpha value is -0.960. The maximum Gasteiger partial charge on any atom is 0.176 e. The van der Waals surface area contributed by atoms with Crippen LogP contribution < -0.4 is 14.8 Å². The average Bonchev–Trinajstić information content (AvgIpc) is 2.42. The fourth-order valence-electron chi connectivity index (χ4n) is 1.65. The number of methoxy groups -OCH3 is 1. The number of rotatable bonds is 8. The highest BCUT2D eigenvalue weighted by atomic mass is 79.9. The molecule has 20 heavy (non-hydrogen) atoms. The molecule has 112 valence electrons. The molecule has 0 fully saturated rings. The minimum Gasteiger partial charge on any atom is -0.493 e. The number of ether oxygens (including phenoxy) is 2. The number of benzene rings is 1. The van der Waals surface area contributed by atoms with E-state index in [1.165, 1.54) is 12.8 Å². The molecule has 0 atom stereocenters. The first-order valence-corrected chi connectivity index (χ1v) is 7.09. The Kier molecular flexibility index (Phi) is 10.3. The third-order valence-electron chi connectivity index (χ3n) is 2.61. The zero-order valence-electron chi connectivity index (χ0n) is 11.7. The molecule has 0 heterocycles. The normalized spacial score (nSPS) is 9.50. The minimum atomic E-state index is 0. The minimum absolute atomic E-state index is 0. The molecule has 0 spiro atoms. The Labute approximate surface area is 135 Å². The van der Waals surface area contributed by atoms with Crippen molar-refractivity contribution in [3.05, 3.63) is 22.2 Å². The SMILES string of the molecule is CCCCNCc1cc(Br)c(OCC#N)c(OC)c1.Cl. The summed E-state index contributed by atoms with van der Waals surface area (Å²) in [5.74, 6) is 1.21. The van der Waals surface area contributed by atoms with Gasteiger partial charge in [-0.1, -0.05) is 13.3 Å². The van der Waals surface area contributed by atoms with Gasteiger partial charge >= 0.3 is 0 Å². The van der Waals surface area contributed by atoms with E-state index in [2.05, 4.69) is 28.2 Å². The Morgan fingerprint density at radius 2 is 2.15 bits per heavy atom. The molecule has 0 aliphatic rings. The van der Waals surface area contributed by atoms with E-state index in [1.807, 2.05) is 18.2 Å². The number of nitrogens with one attached hydrogen (secondary N) is 1. The van der Waals surface area contributed by atoms with E-state index >= 15 is 0 Å². The van der Waals surface area contributed by atoms with E-state index in [9.17, 15) is 0 Å². The Bertz CT molecular complexity index is 450. The lowest BCUT2D eigenvalue weighted by Crippen LogP contribution is -2.14. The molecule has 1 N–H and O–H groups in total. The largest absolute Gasteiger partial charge is 0.493 e. The monoisotopic (exact) mass is 362 g/mol. The second-order valence-corrected chi connectivity index (χ2v) is 4.94. The topological polar surface area (TPSA) is 54.3 Å². The van der Waals surface area contributed by atoms with Gasteiger partial charge in [-0.05, 0) is 46.6 Å². The third-order valence-corrected chi connectivity index (χ3v) is 3.20. The van der Waals surface area contributed by atoms with E-state index < -0.39 is 0 Å². The van der Waals surface area contributed by atoms with Crippen molar-refractivity contribution >= 4 is 28.3 Å². The zero-order valence-corrected chi connectivity index (χ0v) is 14.1. The summed E-state index contributed by atoms with van der Waals surface area (Å²) in [6, 6.07) is 5.85. The molecule has 0 bridgehead atoms. The van der Waals surface area contributed by atoms with Crippen LogP contribution in [0, 0.1) is 11.3 Å². The van der Waals surface area contributed by atoms with Gasteiger partial charge in [0.2, 0.25) is 0 Å². The van der Waals surface area contributed by atoms with Crippen LogP contribution in [0.4, 0.5) is 0 Å². The number of nitriles is 1. The van der Waals surface area contributed by atoms with Gasteiger partial charge in [0.1, 0.15) is 6.07 Å². The summed E-state index contributed by atoms with van der Waals surface area (Å²) in [5, 5.41) is 11.9. The van der Waals surface area contributed by atoms with Gasteiger partial charge in [-0.25, -0.2) is 0 Å². The van der Waals surface area contributed by atoms with E-state index in [1.54, 1.807) is 7.11 Å². The molecule has 0 saturated carbocycles. The number of hydrogen-bond donors (Lipinski definition) is 1. The average molecular weight is 364 g/mol. The molecule has 0 aliphatic heterocycles. The van der Waals surface area contributed by atoms with E-state index in [0.717, 1.165) is 23.1 Å². The number of unbranched alkanes of at least 4 members (excludes halogenated alkanes) is 1. The van der Waals surface area contributed by atoms with Crippen LogP contribution in [0.5, 0.6) is 11.5 Å². The number of halogens is 2. The molecule has 1 aromatic rings. The maximum absolute atomic E-state index is 8.56. The quantitative estimate of drug-likeness (QED) is 0.716. The third kappa shape index (κ3) is 6.00. The van der Waals surface area contributed by atoms with E-state index in [-0.39, 0.29) is 19.0 Å². The van der Waals surface area contributed by atoms with Gasteiger partial charge in [-0.2, -0.15) is 5.26 Å². The van der Waals surface area contributed by atoms with E-state index in [0.29, 0.717) is 11.5 Å². The highest BCUT2D eigenvalue weighted by molar-refractivity contribution is 9.10. The van der Waals surface area contributed by atoms with Crippen LogP contribution in [0.15, 0.2) is 16.6 Å². The molecular formula is C14H20BrClN2O2. The molecule has 6 heteroatoms. The van der Waals surface area contributed by atoms with E-state index in [4.69, 9.17) is 14.7 Å². The highest BCUT2D eigenvalue weighted by Gasteiger charge is 2.11. The summed E-state index contributed by atoms with van der Waals surface area (Å²) in [7, 11) is 1.59. The number of hydrogen-bond acceptors (Lipinski definition) is 4. The number of nitrogens with zero attached hydrogens (tertiary/aromatic N) is 1. The first-order chi connectivity index (χ1) is 9.22. The highest BCUT2D eigenvalue weighted by Crippen LogP contribution is 2.36. The second-order valence-electron chi connectivity index (χ2n) is 4.09. The maximum atomic E-state index is 8.56. The molecule has 1 aromatic carbocycles. The Morgan fingerprint density at radius 1 is 1.40 bits per heavy atom. The van der Waals surface area contributed by atoms with Crippen LogP contribution in [0.25, 0.3) is 0 Å². The smallest absolute Gasteiger partial charge is 0.176 e. The predicted octanol–water partition coefficient (Wildman–Crippen LogP) is 3.67. The first-order valence-electron chi connectivity index (χ1n) is 6.29. The van der Waals surface area contributed by atoms with Crippen molar-refractivity contribution in [3.8, 4) is 17.6 Å². The Morgan fingerprint density at radius 3 is 2.75 bits per heavy atom. The van der Waals surface area contributed by atoms with Crippen molar-refractivity contribution in [2.75, 3.05) is 20.3 Å². The van der Waals surface area contributed by atoms with Crippen LogP contribution in [-0.2, 0) is 6.54 Å². The van der Waals surface area contributed by atoms with Gasteiger partial charge in [-0.3, -0.25) is 0 Å². The molecule has 0 amide bonds. The predicted molar refractivity (Wildman–Crippen MR) is 85.7 cm³/mol. The summed E-state index contributed by atoms with van der Waals surface area (Å²) in [4.78, 5) is 0. The lowest BCUT2D eigenvalue weighted by molar-refractivity contribution is 0.327. The fraction of sp³-hybridized carbons (Fsp3) is 0.500. The standard InChI is InChI=1S/C14H19BrN2O2.ClH/c1-3-4-6-17-10-11-8-12(15)14(19-7-5-16)13(9-11)18-2;/h8-9,17H,3-4,6-7,10H2,1-2H3;1H. The van der Waals surface area contributed by atoms with Crippen molar-refractivity contribution in [1.29, 1.82) is 5.26 Å². The molecular weight excluding hydrogens is 344 g/mol. The van der Waals surface area contributed by atoms with Crippen molar-refractivity contribution < 1.29 is 9.47 Å². The fourth-order valence-corrected chi connectivity index (χ4v) is 2.26. The summed E-state index contributed by atoms with van der Waals surface area (Å²) in [5.41, 5.74) is 1.11. The van der Waals surface area contributed by atoms with Gasteiger partial charge in [-0.15, -0.1) is 12.4 Å². The van der Waals surface area contributed by atoms with Crippen molar-refractivity contribution in [2.24, 2.45) is 0 Å². The molecule has 0 unspecified atom stereocenters. The van der Waals surface area contributed by atoms with Gasteiger partial charge < -0.3 is 14.8 Å². The van der Waals surface area contributed by atoms with Crippen LogP contribution in [-0.4, -0.2) is 20.3 Å². The van der Waals surface area contributed by atoms with Crippen molar-refractivity contribution in [2.45, 2.75) is 26.3 Å². The molecule has 4 nitrogen and oxygen atoms in total. The summed E-state index contributed by atoms with van der Waals surface area (Å²) in [6.07, 6.45) is 2.35. The molecule has 0 radical (unpaired) electrons. The molecule has 0 aliphatic carbocycles. The van der Waals surface area contributed by atoms with Crippen molar-refractivity contribution in [3.63, 3.8) is 0 Å². The summed E-state index contributed by atoms with van der Waals surface area (Å²) < 4.78 is 11.5. The molecule has 0 saturated heterocycles. The van der Waals surface area contributed by atoms with Crippen LogP contribution >= 0.6 is 28.3 Å². The second kappa shape index (κ2) is 10.8. The van der Waals surface area contributed by atoms with Gasteiger partial charge in [0, 0.05) is 6.54 Å². The van der Waals surface area contributed by atoms with Crippen LogP contribution in [0.3, 0.4) is 0 Å². The molecule has 1 rings (SSSR count). The summed E-state index contributed by atoms with van der Waals surface area (Å²) in [6.45, 7) is 3.96. The van der Waals surface area contributed by atoms with Gasteiger partial charge in [0.15, 0.2) is 18.1 Å². The van der Waals surface area contributed by atoms with Crippen LogP contribution in [0.1, 0.15) is 25.3 Å². The van der Waals surface area contributed by atoms with Crippen molar-refractivity contribution in [1.82, 2.24) is 5.32 Å². The molecule has 0 aromatic heterocycles. The van der Waals surface area contributed by atoms with Gasteiger partial charge in [0.05, 0.1) is 11.6 Å². The summed E-state index contributed by atoms with van der Waals surface area (Å²) >= 11 is 3.45. The Balaban J connectivity index is 0.00000361.